The number of aromatic amines is 1. The predicted octanol–water partition coefficient (Wildman–Crippen LogP) is -0.0765. The Morgan fingerprint density at radius 3 is 3.23 bits per heavy atom. The average molecular weight is 177 g/mol. The highest BCUT2D eigenvalue weighted by molar-refractivity contribution is 5.71. The number of aldehydes is 1. The Morgan fingerprint density at radius 2 is 2.46 bits per heavy atom. The highest BCUT2D eigenvalue weighted by Crippen LogP contribution is 2.04. The number of carbonyl (C=O) groups is 1. The SMILES string of the molecule is O=CCn1c(=O)[nH]c2ncccc21. The molecule has 0 aliphatic heterocycles. The summed E-state index contributed by atoms with van der Waals surface area (Å²) in [5, 5.41) is 0. The van der Waals surface area contributed by atoms with E-state index in [2.05, 4.69) is 9.97 Å². The lowest BCUT2D eigenvalue weighted by Crippen LogP contribution is -2.17. The van der Waals surface area contributed by atoms with E-state index in [0.29, 0.717) is 17.5 Å². The van der Waals surface area contributed by atoms with E-state index >= 15 is 0 Å². The third kappa shape index (κ3) is 1.14. The Labute approximate surface area is 73.0 Å². The Balaban J connectivity index is 2.78. The first-order chi connectivity index (χ1) is 6.33. The second kappa shape index (κ2) is 2.85. The third-order valence-corrected chi connectivity index (χ3v) is 1.80. The molecular weight excluding hydrogens is 170 g/mol. The van der Waals surface area contributed by atoms with Crippen molar-refractivity contribution in [3.05, 3.63) is 28.8 Å². The van der Waals surface area contributed by atoms with Gasteiger partial charge in [0, 0.05) is 6.20 Å². The Bertz CT molecular complexity index is 497. The molecule has 2 aromatic rings. The molecule has 2 heterocycles. The minimum absolute atomic E-state index is 0.0600. The normalized spacial score (nSPS) is 10.5. The van der Waals surface area contributed by atoms with Gasteiger partial charge in [-0.25, -0.2) is 9.78 Å². The summed E-state index contributed by atoms with van der Waals surface area (Å²) in [7, 11) is 0. The molecule has 0 saturated heterocycles. The number of nitrogens with one attached hydrogen (secondary N) is 1. The summed E-state index contributed by atoms with van der Waals surface area (Å²) < 4.78 is 1.34. The van der Waals surface area contributed by atoms with Crippen LogP contribution in [0.3, 0.4) is 0 Å². The average Bonchev–Trinajstić information content (AvgIpc) is 2.44. The monoisotopic (exact) mass is 177 g/mol. The minimum atomic E-state index is -0.305. The van der Waals surface area contributed by atoms with Crippen LogP contribution in [0.15, 0.2) is 23.1 Å². The van der Waals surface area contributed by atoms with Gasteiger partial charge in [-0.15, -0.1) is 0 Å². The Morgan fingerprint density at radius 1 is 1.62 bits per heavy atom. The fourth-order valence-corrected chi connectivity index (χ4v) is 1.24. The van der Waals surface area contributed by atoms with E-state index in [0.717, 1.165) is 0 Å². The molecule has 0 bridgehead atoms. The summed E-state index contributed by atoms with van der Waals surface area (Å²) in [5.41, 5.74) is 0.856. The molecule has 13 heavy (non-hydrogen) atoms. The van der Waals surface area contributed by atoms with E-state index in [1.165, 1.54) is 4.57 Å². The summed E-state index contributed by atoms with van der Waals surface area (Å²) in [6.07, 6.45) is 2.27. The number of nitrogens with zero attached hydrogens (tertiary/aromatic N) is 2. The first-order valence-corrected chi connectivity index (χ1v) is 3.80. The number of pyridine rings is 1. The van der Waals surface area contributed by atoms with Gasteiger partial charge < -0.3 is 4.79 Å². The van der Waals surface area contributed by atoms with Gasteiger partial charge in [-0.3, -0.25) is 9.55 Å². The van der Waals surface area contributed by atoms with Gasteiger partial charge in [0.05, 0.1) is 12.1 Å². The molecule has 2 rings (SSSR count). The fraction of sp³-hybridized carbons (Fsp3) is 0.125. The molecule has 1 N–H and O–H groups in total. The maximum atomic E-state index is 11.2. The van der Waals surface area contributed by atoms with Gasteiger partial charge in [0.15, 0.2) is 5.65 Å². The zero-order valence-electron chi connectivity index (χ0n) is 6.73. The summed E-state index contributed by atoms with van der Waals surface area (Å²) in [6, 6.07) is 3.46. The summed E-state index contributed by atoms with van der Waals surface area (Å²) in [5.74, 6) is 0. The van der Waals surface area contributed by atoms with Crippen LogP contribution in [0.2, 0.25) is 0 Å². The molecule has 0 aliphatic carbocycles. The molecule has 0 radical (unpaired) electrons. The van der Waals surface area contributed by atoms with E-state index in [-0.39, 0.29) is 12.2 Å². The van der Waals surface area contributed by atoms with Gasteiger partial charge in [0.2, 0.25) is 0 Å². The van der Waals surface area contributed by atoms with Crippen LogP contribution in [0, 0.1) is 0 Å². The van der Waals surface area contributed by atoms with Gasteiger partial charge in [0.25, 0.3) is 0 Å². The molecule has 2 aromatic heterocycles. The summed E-state index contributed by atoms with van der Waals surface area (Å²) in [4.78, 5) is 28.0. The summed E-state index contributed by atoms with van der Waals surface area (Å²) >= 11 is 0. The van der Waals surface area contributed by atoms with Crippen LogP contribution in [0.4, 0.5) is 0 Å². The topological polar surface area (TPSA) is 67.8 Å². The molecule has 5 heteroatoms. The molecule has 66 valence electrons. The quantitative estimate of drug-likeness (QED) is 0.652. The van der Waals surface area contributed by atoms with Gasteiger partial charge in [-0.2, -0.15) is 0 Å². The van der Waals surface area contributed by atoms with Crippen molar-refractivity contribution in [2.45, 2.75) is 6.54 Å². The van der Waals surface area contributed by atoms with Crippen LogP contribution in [0.5, 0.6) is 0 Å². The van der Waals surface area contributed by atoms with Gasteiger partial charge in [-0.1, -0.05) is 0 Å². The maximum Gasteiger partial charge on any atom is 0.328 e. The van der Waals surface area contributed by atoms with Gasteiger partial charge in [-0.05, 0) is 12.1 Å². The molecule has 0 unspecified atom stereocenters. The molecule has 0 aromatic carbocycles. The third-order valence-electron chi connectivity index (χ3n) is 1.80. The van der Waals surface area contributed by atoms with Crippen molar-refractivity contribution in [2.75, 3.05) is 0 Å². The zero-order chi connectivity index (χ0) is 9.26. The number of carbonyl (C=O) groups excluding carboxylic acids is 1. The number of rotatable bonds is 2. The van der Waals surface area contributed by atoms with Crippen LogP contribution in [0.25, 0.3) is 11.2 Å². The van der Waals surface area contributed by atoms with Crippen molar-refractivity contribution < 1.29 is 4.79 Å². The highest BCUT2D eigenvalue weighted by atomic mass is 16.1. The number of hydrogen-bond donors (Lipinski definition) is 1. The predicted molar refractivity (Wildman–Crippen MR) is 46.4 cm³/mol. The number of hydrogen-bond acceptors (Lipinski definition) is 3. The molecular formula is C8H7N3O2. The fourth-order valence-electron chi connectivity index (χ4n) is 1.24. The lowest BCUT2D eigenvalue weighted by molar-refractivity contribution is -0.108. The first kappa shape index (κ1) is 7.72. The lowest BCUT2D eigenvalue weighted by atomic mass is 10.4. The van der Waals surface area contributed by atoms with Crippen molar-refractivity contribution in [1.82, 2.24) is 14.5 Å². The van der Waals surface area contributed by atoms with Crippen molar-refractivity contribution in [3.63, 3.8) is 0 Å². The maximum absolute atomic E-state index is 11.2. The van der Waals surface area contributed by atoms with E-state index in [1.807, 2.05) is 0 Å². The second-order valence-corrected chi connectivity index (χ2v) is 2.58. The van der Waals surface area contributed by atoms with Crippen molar-refractivity contribution in [2.24, 2.45) is 0 Å². The van der Waals surface area contributed by atoms with Crippen LogP contribution < -0.4 is 5.69 Å². The minimum Gasteiger partial charge on any atom is -0.301 e. The van der Waals surface area contributed by atoms with E-state index in [9.17, 15) is 9.59 Å². The van der Waals surface area contributed by atoms with E-state index in [4.69, 9.17) is 0 Å². The van der Waals surface area contributed by atoms with Crippen LogP contribution in [-0.4, -0.2) is 20.8 Å². The molecule has 0 fully saturated rings. The molecule has 0 saturated carbocycles. The molecule has 0 amide bonds. The van der Waals surface area contributed by atoms with Crippen LogP contribution in [0.1, 0.15) is 0 Å². The summed E-state index contributed by atoms with van der Waals surface area (Å²) in [6.45, 7) is 0.0600. The van der Waals surface area contributed by atoms with E-state index < -0.39 is 0 Å². The zero-order valence-corrected chi connectivity index (χ0v) is 6.73. The molecule has 0 aliphatic rings. The van der Waals surface area contributed by atoms with Gasteiger partial charge in [0.1, 0.15) is 6.29 Å². The first-order valence-electron chi connectivity index (χ1n) is 3.80. The van der Waals surface area contributed by atoms with Crippen molar-refractivity contribution >= 4 is 17.5 Å². The van der Waals surface area contributed by atoms with Crippen LogP contribution >= 0.6 is 0 Å². The smallest absolute Gasteiger partial charge is 0.301 e. The second-order valence-electron chi connectivity index (χ2n) is 2.58. The van der Waals surface area contributed by atoms with Crippen molar-refractivity contribution in [3.8, 4) is 0 Å². The van der Waals surface area contributed by atoms with E-state index in [1.54, 1.807) is 18.3 Å². The number of imidazole rings is 1. The van der Waals surface area contributed by atoms with Gasteiger partial charge >= 0.3 is 5.69 Å². The highest BCUT2D eigenvalue weighted by Gasteiger charge is 2.04. The molecule has 0 atom stereocenters. The standard InChI is InChI=1S/C8H7N3O2/c12-5-4-11-6-2-1-3-9-7(6)10-8(11)13/h1-3,5H,4H2,(H,9,10,13). The lowest BCUT2D eigenvalue weighted by Gasteiger charge is -1.93. The number of H-pyrrole nitrogens is 1. The molecule has 5 nitrogen and oxygen atoms in total. The van der Waals surface area contributed by atoms with Crippen LogP contribution in [-0.2, 0) is 11.3 Å². The van der Waals surface area contributed by atoms with Crippen molar-refractivity contribution in [1.29, 1.82) is 0 Å². The molecule has 0 spiro atoms. The Kier molecular flexibility index (Phi) is 1.70. The Hall–Kier alpha value is -1.91. The largest absolute Gasteiger partial charge is 0.328 e. The number of aromatic nitrogens is 3. The number of fused-ring (bicyclic) bond motifs is 1.